The zero-order chi connectivity index (χ0) is 13.2. The van der Waals surface area contributed by atoms with Gasteiger partial charge in [-0.15, -0.1) is 0 Å². The van der Waals surface area contributed by atoms with Crippen LogP contribution in [0.2, 0.25) is 10.0 Å². The molecule has 0 saturated carbocycles. The highest BCUT2D eigenvalue weighted by Crippen LogP contribution is 2.37. The first-order valence-electron chi connectivity index (χ1n) is 4.18. The number of benzene rings is 1. The lowest BCUT2D eigenvalue weighted by atomic mass is 10.1. The molecule has 94 valence electrons. The predicted octanol–water partition coefficient (Wildman–Crippen LogP) is 2.71. The van der Waals surface area contributed by atoms with Gasteiger partial charge in [0.25, 0.3) is 0 Å². The van der Waals surface area contributed by atoms with Gasteiger partial charge in [0.1, 0.15) is 10.8 Å². The van der Waals surface area contributed by atoms with Gasteiger partial charge < -0.3 is 14.9 Å². The first kappa shape index (κ1) is 14.0. The predicted molar refractivity (Wildman–Crippen MR) is 55.7 cm³/mol. The van der Waals surface area contributed by atoms with Crippen molar-refractivity contribution in [3.63, 3.8) is 0 Å². The van der Waals surface area contributed by atoms with Crippen LogP contribution in [0.5, 0.6) is 5.75 Å². The van der Waals surface area contributed by atoms with E-state index in [1.807, 2.05) is 0 Å². The summed E-state index contributed by atoms with van der Waals surface area (Å²) in [5.74, 6) is -1.93. The number of aliphatic carboxylic acids is 1. The van der Waals surface area contributed by atoms with E-state index in [-0.39, 0.29) is 15.6 Å². The number of hydrogen-bond donors (Lipinski definition) is 2. The van der Waals surface area contributed by atoms with E-state index in [2.05, 4.69) is 4.74 Å². The van der Waals surface area contributed by atoms with Gasteiger partial charge in [0.2, 0.25) is 0 Å². The van der Waals surface area contributed by atoms with Gasteiger partial charge >= 0.3 is 12.6 Å². The van der Waals surface area contributed by atoms with Gasteiger partial charge in [-0.1, -0.05) is 29.3 Å². The minimum Gasteiger partial charge on any atom is -0.479 e. The number of carbonyl (C=O) groups is 1. The van der Waals surface area contributed by atoms with Crippen LogP contribution in [-0.4, -0.2) is 22.8 Å². The lowest BCUT2D eigenvalue weighted by Crippen LogP contribution is -2.11. The summed E-state index contributed by atoms with van der Waals surface area (Å²) in [7, 11) is 0. The highest BCUT2D eigenvalue weighted by Gasteiger charge is 2.23. The van der Waals surface area contributed by atoms with E-state index < -0.39 is 24.4 Å². The summed E-state index contributed by atoms with van der Waals surface area (Å²) in [4.78, 5) is 10.5. The molecular formula is C9H6Cl2F2O4. The van der Waals surface area contributed by atoms with Crippen LogP contribution < -0.4 is 4.74 Å². The van der Waals surface area contributed by atoms with Crippen molar-refractivity contribution >= 4 is 29.2 Å². The van der Waals surface area contributed by atoms with E-state index in [4.69, 9.17) is 28.3 Å². The topological polar surface area (TPSA) is 66.8 Å². The van der Waals surface area contributed by atoms with E-state index in [0.717, 1.165) is 12.1 Å². The Morgan fingerprint density at radius 1 is 1.29 bits per heavy atom. The van der Waals surface area contributed by atoms with Crippen LogP contribution in [0.25, 0.3) is 0 Å². The molecule has 0 amide bonds. The Hall–Kier alpha value is -1.11. The molecule has 1 atom stereocenters. The van der Waals surface area contributed by atoms with Crippen molar-refractivity contribution in [3.05, 3.63) is 27.7 Å². The molecule has 0 aliphatic rings. The standard InChI is InChI=1S/C9H6Cl2F2O4/c10-5-3(7(14)8(15)16)1-2-4(6(5)11)17-9(12)13/h1-2,7,9,14H,(H,15,16)/t7-/m1/s1. The summed E-state index contributed by atoms with van der Waals surface area (Å²) in [6.45, 7) is -3.08. The third-order valence-corrected chi connectivity index (χ3v) is 2.70. The van der Waals surface area contributed by atoms with Crippen molar-refractivity contribution in [1.29, 1.82) is 0 Å². The Labute approximate surface area is 104 Å². The zero-order valence-electron chi connectivity index (χ0n) is 8.03. The fraction of sp³-hybridized carbons (Fsp3) is 0.222. The molecule has 0 aromatic heterocycles. The van der Waals surface area contributed by atoms with Crippen LogP contribution in [0.1, 0.15) is 11.7 Å². The normalized spacial score (nSPS) is 12.6. The van der Waals surface area contributed by atoms with Crippen molar-refractivity contribution in [2.24, 2.45) is 0 Å². The molecule has 0 bridgehead atoms. The molecule has 1 rings (SSSR count). The summed E-state index contributed by atoms with van der Waals surface area (Å²) < 4.78 is 27.9. The van der Waals surface area contributed by atoms with E-state index >= 15 is 0 Å². The van der Waals surface area contributed by atoms with Crippen LogP contribution >= 0.6 is 23.2 Å². The number of aliphatic hydroxyl groups is 1. The average Bonchev–Trinajstić information content (AvgIpc) is 2.23. The Bertz CT molecular complexity index is 439. The van der Waals surface area contributed by atoms with Gasteiger partial charge in [0, 0.05) is 5.56 Å². The number of hydrogen-bond acceptors (Lipinski definition) is 3. The largest absolute Gasteiger partial charge is 0.479 e. The molecule has 17 heavy (non-hydrogen) atoms. The number of alkyl halides is 2. The van der Waals surface area contributed by atoms with Gasteiger partial charge in [-0.2, -0.15) is 8.78 Å². The van der Waals surface area contributed by atoms with Crippen molar-refractivity contribution in [3.8, 4) is 5.75 Å². The van der Waals surface area contributed by atoms with Crippen molar-refractivity contribution in [2.45, 2.75) is 12.7 Å². The van der Waals surface area contributed by atoms with Gasteiger partial charge in [0.15, 0.2) is 6.10 Å². The molecule has 0 aliphatic carbocycles. The fourth-order valence-corrected chi connectivity index (χ4v) is 1.55. The SMILES string of the molecule is O=C(O)[C@H](O)c1ccc(OC(F)F)c(Cl)c1Cl. The first-order chi connectivity index (χ1) is 7.84. The van der Waals surface area contributed by atoms with Crippen LogP contribution in [0.4, 0.5) is 8.78 Å². The Morgan fingerprint density at radius 2 is 1.88 bits per heavy atom. The second kappa shape index (κ2) is 5.48. The van der Waals surface area contributed by atoms with E-state index in [1.54, 1.807) is 0 Å². The van der Waals surface area contributed by atoms with Crippen LogP contribution in [0.15, 0.2) is 12.1 Å². The highest BCUT2D eigenvalue weighted by atomic mass is 35.5. The molecule has 0 spiro atoms. The summed E-state index contributed by atoms with van der Waals surface area (Å²) in [5, 5.41) is 17.1. The van der Waals surface area contributed by atoms with Gasteiger partial charge in [-0.25, -0.2) is 4.79 Å². The van der Waals surface area contributed by atoms with E-state index in [1.165, 1.54) is 0 Å². The van der Waals surface area contributed by atoms with E-state index in [9.17, 15) is 18.7 Å². The summed E-state index contributed by atoms with van der Waals surface area (Å²) >= 11 is 11.2. The van der Waals surface area contributed by atoms with E-state index in [0.29, 0.717) is 0 Å². The second-order valence-electron chi connectivity index (χ2n) is 2.90. The minimum absolute atomic E-state index is 0.203. The molecule has 0 fully saturated rings. The fourth-order valence-electron chi connectivity index (χ4n) is 1.08. The summed E-state index contributed by atoms with van der Waals surface area (Å²) in [6, 6.07) is 2.05. The zero-order valence-corrected chi connectivity index (χ0v) is 9.54. The highest BCUT2D eigenvalue weighted by molar-refractivity contribution is 6.43. The lowest BCUT2D eigenvalue weighted by Gasteiger charge is -2.12. The maximum Gasteiger partial charge on any atom is 0.387 e. The van der Waals surface area contributed by atoms with Gasteiger partial charge in [-0.05, 0) is 6.07 Å². The monoisotopic (exact) mass is 286 g/mol. The number of carboxylic acids is 1. The molecule has 0 aliphatic heterocycles. The molecular weight excluding hydrogens is 281 g/mol. The molecule has 2 N–H and O–H groups in total. The Kier molecular flexibility index (Phi) is 4.50. The summed E-state index contributed by atoms with van der Waals surface area (Å²) in [6.07, 6.45) is -1.89. The Morgan fingerprint density at radius 3 is 2.35 bits per heavy atom. The van der Waals surface area contributed by atoms with Crippen LogP contribution in [0.3, 0.4) is 0 Å². The Balaban J connectivity index is 3.14. The molecule has 0 radical (unpaired) electrons. The smallest absolute Gasteiger partial charge is 0.387 e. The number of carboxylic acid groups (broad SMARTS) is 1. The maximum atomic E-state index is 12.0. The van der Waals surface area contributed by atoms with Crippen molar-refractivity contribution in [2.75, 3.05) is 0 Å². The van der Waals surface area contributed by atoms with Crippen LogP contribution in [0, 0.1) is 0 Å². The molecule has 8 heteroatoms. The number of aliphatic hydroxyl groups excluding tert-OH is 1. The molecule has 0 heterocycles. The molecule has 4 nitrogen and oxygen atoms in total. The third kappa shape index (κ3) is 3.18. The number of ether oxygens (including phenoxy) is 1. The number of rotatable bonds is 4. The maximum absolute atomic E-state index is 12.0. The third-order valence-electron chi connectivity index (χ3n) is 1.82. The average molecular weight is 287 g/mol. The molecule has 1 aromatic rings. The second-order valence-corrected chi connectivity index (χ2v) is 3.66. The van der Waals surface area contributed by atoms with Gasteiger partial charge in [-0.3, -0.25) is 0 Å². The molecule has 0 unspecified atom stereocenters. The quantitative estimate of drug-likeness (QED) is 0.893. The molecule has 1 aromatic carbocycles. The number of halogens is 4. The van der Waals surface area contributed by atoms with Crippen molar-refractivity contribution < 1.29 is 28.5 Å². The lowest BCUT2D eigenvalue weighted by molar-refractivity contribution is -0.146. The first-order valence-corrected chi connectivity index (χ1v) is 4.93. The molecule has 0 saturated heterocycles. The van der Waals surface area contributed by atoms with Gasteiger partial charge in [0.05, 0.1) is 5.02 Å². The minimum atomic E-state index is -3.08. The van der Waals surface area contributed by atoms with Crippen molar-refractivity contribution in [1.82, 2.24) is 0 Å². The van der Waals surface area contributed by atoms with Crippen LogP contribution in [-0.2, 0) is 4.79 Å². The summed E-state index contributed by atoms with van der Waals surface area (Å²) in [5.41, 5.74) is -0.203.